The molecule has 1 aliphatic carbocycles. The molecule has 0 spiro atoms. The number of benzene rings is 1. The minimum absolute atomic E-state index is 0.00379. The van der Waals surface area contributed by atoms with Gasteiger partial charge in [-0.25, -0.2) is 4.79 Å². The maximum atomic E-state index is 12.2. The summed E-state index contributed by atoms with van der Waals surface area (Å²) in [7, 11) is 0. The number of nitrogens with two attached hydrogens (primary N) is 1. The lowest BCUT2D eigenvalue weighted by Gasteiger charge is -2.15. The Morgan fingerprint density at radius 1 is 1.38 bits per heavy atom. The van der Waals surface area contributed by atoms with Crippen molar-refractivity contribution >= 4 is 23.4 Å². The lowest BCUT2D eigenvalue weighted by Crippen LogP contribution is -2.24. The molecule has 21 heavy (non-hydrogen) atoms. The van der Waals surface area contributed by atoms with Crippen LogP contribution < -0.4 is 16.0 Å². The summed E-state index contributed by atoms with van der Waals surface area (Å²) >= 11 is 0. The number of anilines is 2. The lowest BCUT2D eigenvalue weighted by atomic mass is 10.1. The smallest absolute Gasteiger partial charge is 0.414 e. The molecule has 1 aromatic carbocycles. The summed E-state index contributed by atoms with van der Waals surface area (Å²) in [6.07, 6.45) is 2.13. The van der Waals surface area contributed by atoms with Gasteiger partial charge in [0.1, 0.15) is 6.61 Å². The molecular weight excluding hydrogens is 270 g/mol. The van der Waals surface area contributed by atoms with Crippen molar-refractivity contribution in [1.82, 2.24) is 0 Å². The molecule has 2 atom stereocenters. The van der Waals surface area contributed by atoms with Crippen LogP contribution in [0.25, 0.3) is 0 Å². The Morgan fingerprint density at radius 3 is 2.90 bits per heavy atom. The first-order valence-electron chi connectivity index (χ1n) is 7.24. The van der Waals surface area contributed by atoms with E-state index in [2.05, 4.69) is 5.32 Å². The van der Waals surface area contributed by atoms with Crippen LogP contribution in [0, 0.1) is 5.92 Å². The maximum Gasteiger partial charge on any atom is 0.414 e. The Kier molecular flexibility index (Phi) is 3.79. The lowest BCUT2D eigenvalue weighted by molar-refractivity contribution is -0.119. The zero-order valence-electron chi connectivity index (χ0n) is 11.7. The van der Waals surface area contributed by atoms with Gasteiger partial charge in [0.05, 0.1) is 6.54 Å². The average molecular weight is 289 g/mol. The van der Waals surface area contributed by atoms with E-state index in [0.717, 1.165) is 24.9 Å². The molecule has 1 aliphatic heterocycles. The summed E-state index contributed by atoms with van der Waals surface area (Å²) in [5.74, 6) is -0.00972. The molecule has 6 nitrogen and oxygen atoms in total. The Bertz CT molecular complexity index is 561. The molecule has 1 saturated carbocycles. The van der Waals surface area contributed by atoms with Gasteiger partial charge in [-0.3, -0.25) is 9.69 Å². The Labute approximate surface area is 123 Å². The molecule has 0 aromatic heterocycles. The zero-order valence-corrected chi connectivity index (χ0v) is 11.7. The number of amides is 2. The normalized spacial score (nSPS) is 25.0. The number of carbonyl (C=O) groups is 2. The number of cyclic esters (lactones) is 1. The summed E-state index contributed by atoms with van der Waals surface area (Å²) in [6.45, 7) is 0.934. The van der Waals surface area contributed by atoms with Crippen LogP contribution in [-0.2, 0) is 9.53 Å². The van der Waals surface area contributed by atoms with Crippen molar-refractivity contribution in [3.63, 3.8) is 0 Å². The second-order valence-corrected chi connectivity index (χ2v) is 5.58. The fourth-order valence-corrected chi connectivity index (χ4v) is 2.88. The first-order chi connectivity index (χ1) is 10.1. The minimum atomic E-state index is -0.347. The van der Waals surface area contributed by atoms with Crippen LogP contribution in [-0.4, -0.2) is 31.2 Å². The first-order valence-corrected chi connectivity index (χ1v) is 7.24. The zero-order chi connectivity index (χ0) is 14.8. The number of hydrogen-bond donors (Lipinski definition) is 2. The van der Waals surface area contributed by atoms with Crippen molar-refractivity contribution in [1.29, 1.82) is 0 Å². The predicted octanol–water partition coefficient (Wildman–Crippen LogP) is 1.71. The number of hydrogen-bond acceptors (Lipinski definition) is 4. The number of rotatable bonds is 3. The third-order valence-electron chi connectivity index (χ3n) is 4.03. The van der Waals surface area contributed by atoms with E-state index in [1.54, 1.807) is 11.0 Å². The van der Waals surface area contributed by atoms with E-state index < -0.39 is 0 Å². The van der Waals surface area contributed by atoms with E-state index in [9.17, 15) is 9.59 Å². The Balaban J connectivity index is 1.68. The van der Waals surface area contributed by atoms with Gasteiger partial charge in [0.15, 0.2) is 0 Å². The fourth-order valence-electron chi connectivity index (χ4n) is 2.88. The summed E-state index contributed by atoms with van der Waals surface area (Å²) < 4.78 is 4.92. The summed E-state index contributed by atoms with van der Waals surface area (Å²) in [4.78, 5) is 25.3. The molecule has 1 heterocycles. The van der Waals surface area contributed by atoms with E-state index in [0.29, 0.717) is 18.8 Å². The highest BCUT2D eigenvalue weighted by Gasteiger charge is 2.28. The van der Waals surface area contributed by atoms with E-state index >= 15 is 0 Å². The van der Waals surface area contributed by atoms with E-state index in [1.165, 1.54) is 0 Å². The second-order valence-electron chi connectivity index (χ2n) is 5.58. The molecule has 2 unspecified atom stereocenters. The monoisotopic (exact) mass is 289 g/mol. The molecule has 1 aromatic rings. The Morgan fingerprint density at radius 2 is 2.24 bits per heavy atom. The van der Waals surface area contributed by atoms with Crippen molar-refractivity contribution in [2.24, 2.45) is 11.7 Å². The SMILES string of the molecule is NC1CCC(C(=O)Nc2cccc(N3CCOC3=O)c2)C1. The van der Waals surface area contributed by atoms with Crippen molar-refractivity contribution in [3.8, 4) is 0 Å². The van der Waals surface area contributed by atoms with Crippen LogP contribution in [0.15, 0.2) is 24.3 Å². The van der Waals surface area contributed by atoms with Crippen LogP contribution in [0.4, 0.5) is 16.2 Å². The number of ether oxygens (including phenoxy) is 1. The van der Waals surface area contributed by atoms with Crippen LogP contribution >= 0.6 is 0 Å². The molecule has 1 saturated heterocycles. The highest BCUT2D eigenvalue weighted by molar-refractivity contribution is 5.95. The molecule has 3 N–H and O–H groups in total. The predicted molar refractivity (Wildman–Crippen MR) is 79.1 cm³/mol. The second kappa shape index (κ2) is 5.73. The van der Waals surface area contributed by atoms with E-state index in [1.807, 2.05) is 18.2 Å². The molecule has 0 bridgehead atoms. The van der Waals surface area contributed by atoms with E-state index in [4.69, 9.17) is 10.5 Å². The first kappa shape index (κ1) is 13.9. The van der Waals surface area contributed by atoms with Crippen LogP contribution in [0.3, 0.4) is 0 Å². The minimum Gasteiger partial charge on any atom is -0.447 e. The number of nitrogens with zero attached hydrogens (tertiary/aromatic N) is 1. The van der Waals surface area contributed by atoms with Gasteiger partial charge in [-0.1, -0.05) is 6.07 Å². The van der Waals surface area contributed by atoms with Gasteiger partial charge >= 0.3 is 6.09 Å². The molecule has 6 heteroatoms. The Hall–Kier alpha value is -2.08. The van der Waals surface area contributed by atoms with Gasteiger partial charge < -0.3 is 15.8 Å². The highest BCUT2D eigenvalue weighted by Crippen LogP contribution is 2.27. The van der Waals surface area contributed by atoms with E-state index in [-0.39, 0.29) is 24.0 Å². The molecule has 0 radical (unpaired) electrons. The van der Waals surface area contributed by atoms with Gasteiger partial charge in [-0.15, -0.1) is 0 Å². The molecule has 3 rings (SSSR count). The summed E-state index contributed by atoms with van der Waals surface area (Å²) in [5.41, 5.74) is 7.27. The molecular formula is C15H19N3O3. The van der Waals surface area contributed by atoms with Gasteiger partial charge in [0.2, 0.25) is 5.91 Å². The molecule has 2 amide bonds. The maximum absolute atomic E-state index is 12.2. The van der Waals surface area contributed by atoms with Gasteiger partial charge in [0, 0.05) is 23.3 Å². The van der Waals surface area contributed by atoms with Crippen LogP contribution in [0.1, 0.15) is 19.3 Å². The quantitative estimate of drug-likeness (QED) is 0.887. The van der Waals surface area contributed by atoms with Gasteiger partial charge in [-0.2, -0.15) is 0 Å². The summed E-state index contributed by atoms with van der Waals surface area (Å²) in [5, 5.41) is 2.91. The van der Waals surface area contributed by atoms with Crippen molar-refractivity contribution in [3.05, 3.63) is 24.3 Å². The fraction of sp³-hybridized carbons (Fsp3) is 0.467. The highest BCUT2D eigenvalue weighted by atomic mass is 16.6. The molecule has 2 aliphatic rings. The van der Waals surface area contributed by atoms with Crippen molar-refractivity contribution < 1.29 is 14.3 Å². The third kappa shape index (κ3) is 3.00. The van der Waals surface area contributed by atoms with Crippen LogP contribution in [0.5, 0.6) is 0 Å². The molecule has 2 fully saturated rings. The number of carbonyl (C=O) groups excluding carboxylic acids is 2. The third-order valence-corrected chi connectivity index (χ3v) is 4.03. The van der Waals surface area contributed by atoms with Crippen molar-refractivity contribution in [2.45, 2.75) is 25.3 Å². The van der Waals surface area contributed by atoms with Crippen molar-refractivity contribution in [2.75, 3.05) is 23.4 Å². The van der Waals surface area contributed by atoms with Crippen LogP contribution in [0.2, 0.25) is 0 Å². The van der Waals surface area contributed by atoms with Gasteiger partial charge in [-0.05, 0) is 37.5 Å². The largest absolute Gasteiger partial charge is 0.447 e. The number of nitrogens with one attached hydrogen (secondary N) is 1. The topological polar surface area (TPSA) is 84.7 Å². The van der Waals surface area contributed by atoms with Gasteiger partial charge in [0.25, 0.3) is 0 Å². The standard InChI is InChI=1S/C15H19N3O3/c16-11-5-4-10(8-11)14(19)17-12-2-1-3-13(9-12)18-6-7-21-15(18)20/h1-3,9-11H,4-8,16H2,(H,17,19). The average Bonchev–Trinajstić information content (AvgIpc) is 3.08. The summed E-state index contributed by atoms with van der Waals surface area (Å²) in [6, 6.07) is 7.38. The molecule has 112 valence electrons.